The average molecular weight is 961 g/mol. The smallest absolute Gasteiger partial charge is 0.408 e. The zero-order valence-electron chi connectivity index (χ0n) is 34.8. The molecule has 13 nitrogen and oxygen atoms in total. The molecule has 0 aliphatic heterocycles. The number of aryl methyl sites for hydroxylation is 2. The maximum atomic E-state index is 12.9. The van der Waals surface area contributed by atoms with E-state index in [1.165, 1.54) is 0 Å². The molecule has 0 unspecified atom stereocenters. The second-order valence-electron chi connectivity index (χ2n) is 15.0. The van der Waals surface area contributed by atoms with Crippen LogP contribution in [-0.2, 0) is 31.9 Å². The zero-order chi connectivity index (χ0) is 44.2. The second kappa shape index (κ2) is 26.0. The van der Waals surface area contributed by atoms with Gasteiger partial charge < -0.3 is 45.7 Å². The zero-order valence-corrected chi connectivity index (χ0v) is 37.9. The number of hydrogen-bond acceptors (Lipinski definition) is 9. The van der Waals surface area contributed by atoms with E-state index in [0.717, 1.165) is 25.8 Å². The van der Waals surface area contributed by atoms with Crippen LogP contribution in [0.3, 0.4) is 0 Å². The molecule has 3 amide bonds. The van der Waals surface area contributed by atoms with Crippen molar-refractivity contribution in [1.29, 1.82) is 0 Å². The van der Waals surface area contributed by atoms with Crippen LogP contribution >= 0.6 is 31.9 Å². The molecule has 4 aromatic rings. The first-order valence-electron chi connectivity index (χ1n) is 18.7. The van der Waals surface area contributed by atoms with E-state index in [9.17, 15) is 19.2 Å². The van der Waals surface area contributed by atoms with Crippen LogP contribution in [0.15, 0.2) is 106 Å². The lowest BCUT2D eigenvalue weighted by molar-refractivity contribution is -0.139. The van der Waals surface area contributed by atoms with E-state index in [0.29, 0.717) is 42.8 Å². The Labute approximate surface area is 371 Å². The van der Waals surface area contributed by atoms with Crippen molar-refractivity contribution in [3.63, 3.8) is 0 Å². The van der Waals surface area contributed by atoms with Gasteiger partial charge in [-0.2, -0.15) is 0 Å². The highest BCUT2D eigenvalue weighted by Gasteiger charge is 2.25. The van der Waals surface area contributed by atoms with Gasteiger partial charge in [0.15, 0.2) is 0 Å². The van der Waals surface area contributed by atoms with Crippen LogP contribution in [0.2, 0.25) is 0 Å². The van der Waals surface area contributed by atoms with Gasteiger partial charge in [-0.3, -0.25) is 4.79 Å². The number of nitrogens with one attached hydrogen (secondary N) is 3. The number of carboxylic acids is 1. The molecule has 60 heavy (non-hydrogen) atoms. The highest BCUT2D eigenvalue weighted by atomic mass is 79.9. The minimum absolute atomic E-state index is 0. The molecule has 0 bridgehead atoms. The normalized spacial score (nSPS) is 11.6. The van der Waals surface area contributed by atoms with Crippen LogP contribution in [0.25, 0.3) is 0 Å². The highest BCUT2D eigenvalue weighted by Crippen LogP contribution is 2.28. The molecule has 0 aliphatic carbocycles. The van der Waals surface area contributed by atoms with Gasteiger partial charge in [0.05, 0.1) is 23.2 Å². The molecule has 0 saturated carbocycles. The van der Waals surface area contributed by atoms with Gasteiger partial charge in [-0.15, -0.1) is 0 Å². The topological polar surface area (TPSA) is 188 Å². The molecule has 4 aromatic carbocycles. The van der Waals surface area contributed by atoms with E-state index in [1.807, 2.05) is 72.8 Å². The number of aliphatic carboxylic acids is 1. The SMILES string of the molecule is C.CC(C)(C)OC(=O)N[C@H](CCc1ccccc1)C(=O)O.COc1cc(N)ccc1Br.COc1cc(NC(=O)[C@@H](CCc2ccccc2)NC(=O)OC(C)(C)C)ccc1Br. The van der Waals surface area contributed by atoms with Crippen molar-refractivity contribution >= 4 is 67.3 Å². The van der Waals surface area contributed by atoms with E-state index in [-0.39, 0.29) is 13.3 Å². The van der Waals surface area contributed by atoms with Gasteiger partial charge in [-0.05, 0) is 134 Å². The predicted molar refractivity (Wildman–Crippen MR) is 245 cm³/mol. The molecule has 0 heterocycles. The standard InChI is InChI=1S/C22H27BrN2O4.C15H21NO4.C7H8BrNO.CH4/c1-22(2,3)29-21(27)25-18(13-10-15-8-6-5-7-9-15)20(26)24-16-11-12-17(23)19(14-16)28-4;1-15(2,3)20-14(19)16-12(13(17)18)10-9-11-7-5-4-6-8-11;1-10-7-4-5(9)2-3-6(7)8;/h5-9,11-12,14,18H,10,13H2,1-4H3,(H,24,26)(H,25,27);4-8,12H,9-10H2,1-3H3,(H,16,19)(H,17,18);2-4H,9H2,1H3;1H4/t18-;12-;;/m11../s1. The maximum absolute atomic E-state index is 12.9. The minimum atomic E-state index is -1.06. The van der Waals surface area contributed by atoms with Crippen LogP contribution in [0, 0.1) is 0 Å². The van der Waals surface area contributed by atoms with Gasteiger partial charge in [-0.1, -0.05) is 68.1 Å². The monoisotopic (exact) mass is 958 g/mol. The average Bonchev–Trinajstić information content (AvgIpc) is 3.16. The number of benzene rings is 4. The molecule has 6 N–H and O–H groups in total. The van der Waals surface area contributed by atoms with E-state index < -0.39 is 41.4 Å². The number of nitrogen functional groups attached to an aromatic ring is 1. The number of carbonyl (C=O) groups is 4. The third-order valence-electron chi connectivity index (χ3n) is 7.72. The molecule has 0 aromatic heterocycles. The number of ether oxygens (including phenoxy) is 4. The Hall–Kier alpha value is -5.28. The van der Waals surface area contributed by atoms with Gasteiger partial charge >= 0.3 is 18.2 Å². The van der Waals surface area contributed by atoms with Gasteiger partial charge in [0.2, 0.25) is 5.91 Å². The lowest BCUT2D eigenvalue weighted by atomic mass is 10.0. The molecule has 0 spiro atoms. The lowest BCUT2D eigenvalue weighted by Gasteiger charge is -2.23. The molecular formula is C45H60Br2N4O9. The van der Waals surface area contributed by atoms with Crippen molar-refractivity contribution in [3.8, 4) is 11.5 Å². The fraction of sp³-hybridized carbons (Fsp3) is 0.378. The molecule has 0 fully saturated rings. The summed E-state index contributed by atoms with van der Waals surface area (Å²) in [6.07, 6.45) is 0.630. The van der Waals surface area contributed by atoms with E-state index in [1.54, 1.807) is 80.0 Å². The second-order valence-corrected chi connectivity index (χ2v) is 16.7. The number of hydrogen-bond donors (Lipinski definition) is 5. The molecule has 0 aliphatic rings. The number of rotatable bonds is 13. The quantitative estimate of drug-likeness (QED) is 0.0807. The summed E-state index contributed by atoms with van der Waals surface area (Å²) < 4.78 is 22.3. The summed E-state index contributed by atoms with van der Waals surface area (Å²) in [6.45, 7) is 10.5. The Kier molecular flexibility index (Phi) is 22.9. The van der Waals surface area contributed by atoms with Crippen LogP contribution in [0.1, 0.15) is 72.9 Å². The number of methoxy groups -OCH3 is 2. The van der Waals surface area contributed by atoms with E-state index in [2.05, 4.69) is 47.8 Å². The number of amides is 3. The Bertz CT molecular complexity index is 1940. The Balaban J connectivity index is 0.000000500. The summed E-state index contributed by atoms with van der Waals surface area (Å²) in [7, 11) is 3.16. The molecule has 4 rings (SSSR count). The first kappa shape index (κ1) is 52.7. The summed E-state index contributed by atoms with van der Waals surface area (Å²) in [5.41, 5.74) is 7.61. The molecule has 0 saturated heterocycles. The number of anilines is 2. The van der Waals surface area contributed by atoms with Crippen LogP contribution in [0.4, 0.5) is 21.0 Å². The van der Waals surface area contributed by atoms with E-state index in [4.69, 9.17) is 29.8 Å². The number of carbonyl (C=O) groups excluding carboxylic acids is 3. The maximum Gasteiger partial charge on any atom is 0.408 e. The van der Waals surface area contributed by atoms with Crippen molar-refractivity contribution < 1.29 is 43.2 Å². The molecule has 2 atom stereocenters. The molecule has 0 radical (unpaired) electrons. The van der Waals surface area contributed by atoms with Crippen molar-refractivity contribution in [1.82, 2.24) is 10.6 Å². The first-order valence-corrected chi connectivity index (χ1v) is 20.3. The van der Waals surface area contributed by atoms with E-state index >= 15 is 0 Å². The van der Waals surface area contributed by atoms with Gasteiger partial charge in [-0.25, -0.2) is 14.4 Å². The Morgan fingerprint density at radius 2 is 1.07 bits per heavy atom. The van der Waals surface area contributed by atoms with Crippen LogP contribution in [-0.4, -0.2) is 66.7 Å². The third kappa shape index (κ3) is 21.6. The predicted octanol–water partition coefficient (Wildman–Crippen LogP) is 10.2. The van der Waals surface area contributed by atoms with Crippen molar-refractivity contribution in [2.75, 3.05) is 25.3 Å². The highest BCUT2D eigenvalue weighted by molar-refractivity contribution is 9.10. The Morgan fingerprint density at radius 1 is 0.650 bits per heavy atom. The number of halogens is 2. The lowest BCUT2D eigenvalue weighted by Crippen LogP contribution is -2.46. The van der Waals surface area contributed by atoms with Crippen molar-refractivity contribution in [2.24, 2.45) is 0 Å². The molecular weight excluding hydrogens is 900 g/mol. The summed E-state index contributed by atoms with van der Waals surface area (Å²) in [5.74, 6) is -0.0216. The Morgan fingerprint density at radius 3 is 1.48 bits per heavy atom. The summed E-state index contributed by atoms with van der Waals surface area (Å²) in [6, 6.07) is 28.3. The molecule has 328 valence electrons. The molecule has 15 heteroatoms. The van der Waals surface area contributed by atoms with Gasteiger partial charge in [0, 0.05) is 23.5 Å². The van der Waals surface area contributed by atoms with Gasteiger partial charge in [0.25, 0.3) is 0 Å². The number of carboxylic acid groups (broad SMARTS) is 1. The summed E-state index contributed by atoms with van der Waals surface area (Å²) >= 11 is 6.70. The largest absolute Gasteiger partial charge is 0.495 e. The minimum Gasteiger partial charge on any atom is -0.495 e. The van der Waals surface area contributed by atoms with Crippen molar-refractivity contribution in [2.45, 2.75) is 97.9 Å². The summed E-state index contributed by atoms with van der Waals surface area (Å²) in [5, 5.41) is 17.0. The van der Waals surface area contributed by atoms with Crippen LogP contribution in [0.5, 0.6) is 11.5 Å². The number of alkyl carbamates (subject to hydrolysis) is 2. The van der Waals surface area contributed by atoms with Crippen LogP contribution < -0.4 is 31.2 Å². The summed E-state index contributed by atoms with van der Waals surface area (Å²) in [4.78, 5) is 47.9. The first-order chi connectivity index (χ1) is 27.7. The number of nitrogens with two attached hydrogens (primary N) is 1. The van der Waals surface area contributed by atoms with Crippen molar-refractivity contribution in [3.05, 3.63) is 117 Å². The van der Waals surface area contributed by atoms with Gasteiger partial charge in [0.1, 0.15) is 34.8 Å². The fourth-order valence-corrected chi connectivity index (χ4v) is 5.80. The third-order valence-corrected chi connectivity index (χ3v) is 9.03. The fourth-order valence-electron chi connectivity index (χ4n) is 4.98.